The summed E-state index contributed by atoms with van der Waals surface area (Å²) in [6.07, 6.45) is 1.42. The molecular formula is C14H15N7O2. The summed E-state index contributed by atoms with van der Waals surface area (Å²) in [5.41, 5.74) is 21.8. The Morgan fingerprint density at radius 3 is 2.48 bits per heavy atom. The second kappa shape index (κ2) is 6.89. The molecule has 0 saturated carbocycles. The summed E-state index contributed by atoms with van der Waals surface area (Å²) >= 11 is 0. The van der Waals surface area contributed by atoms with Crippen molar-refractivity contribution in [2.75, 3.05) is 0 Å². The zero-order valence-electron chi connectivity index (χ0n) is 12.0. The van der Waals surface area contributed by atoms with Crippen LogP contribution in [-0.4, -0.2) is 22.8 Å². The van der Waals surface area contributed by atoms with E-state index in [9.17, 15) is 4.79 Å². The predicted molar refractivity (Wildman–Crippen MR) is 86.4 cm³/mol. The molecule has 0 saturated heterocycles. The van der Waals surface area contributed by atoms with Gasteiger partial charge in [-0.2, -0.15) is 4.99 Å². The Bertz CT molecular complexity index is 782. The van der Waals surface area contributed by atoms with Crippen LogP contribution in [0, 0.1) is 0 Å². The van der Waals surface area contributed by atoms with Crippen molar-refractivity contribution >= 4 is 23.5 Å². The molecule has 8 N–H and O–H groups in total. The second-order valence-electron chi connectivity index (χ2n) is 4.35. The fourth-order valence-corrected chi connectivity index (χ4v) is 1.65. The highest BCUT2D eigenvalue weighted by atomic mass is 16.5. The van der Waals surface area contributed by atoms with Gasteiger partial charge in [-0.25, -0.2) is 4.99 Å². The lowest BCUT2D eigenvalue weighted by Crippen LogP contribution is -2.26. The smallest absolute Gasteiger partial charge is 0.267 e. The van der Waals surface area contributed by atoms with E-state index in [-0.39, 0.29) is 17.6 Å². The maximum absolute atomic E-state index is 11.1. The Labute approximate surface area is 131 Å². The molecular weight excluding hydrogens is 298 g/mol. The van der Waals surface area contributed by atoms with E-state index >= 15 is 0 Å². The van der Waals surface area contributed by atoms with Crippen molar-refractivity contribution in [1.82, 2.24) is 4.98 Å². The van der Waals surface area contributed by atoms with Crippen molar-refractivity contribution in [3.63, 3.8) is 0 Å². The average Bonchev–Trinajstić information content (AvgIpc) is 2.46. The number of benzene rings is 1. The van der Waals surface area contributed by atoms with Crippen LogP contribution in [0.25, 0.3) is 0 Å². The van der Waals surface area contributed by atoms with E-state index in [2.05, 4.69) is 15.0 Å². The Balaban J connectivity index is 2.22. The minimum Gasteiger partial charge on any atom is -0.457 e. The van der Waals surface area contributed by atoms with Gasteiger partial charge in [0.25, 0.3) is 5.91 Å². The number of hydrogen-bond acceptors (Lipinski definition) is 4. The number of aromatic nitrogens is 1. The van der Waals surface area contributed by atoms with E-state index in [1.807, 2.05) is 0 Å². The minimum absolute atomic E-state index is 0.0814. The molecule has 0 radical (unpaired) electrons. The van der Waals surface area contributed by atoms with Gasteiger partial charge >= 0.3 is 0 Å². The van der Waals surface area contributed by atoms with Crippen molar-refractivity contribution in [2.24, 2.45) is 32.9 Å². The molecule has 0 unspecified atom stereocenters. The maximum Gasteiger partial charge on any atom is 0.267 e. The van der Waals surface area contributed by atoms with Gasteiger partial charge in [0.15, 0.2) is 5.96 Å². The first-order valence-electron chi connectivity index (χ1n) is 6.41. The predicted octanol–water partition coefficient (Wildman–Crippen LogP) is 0.192. The van der Waals surface area contributed by atoms with Crippen LogP contribution >= 0.6 is 0 Å². The van der Waals surface area contributed by atoms with Crippen molar-refractivity contribution < 1.29 is 9.53 Å². The van der Waals surface area contributed by atoms with Crippen LogP contribution in [0.15, 0.2) is 52.6 Å². The van der Waals surface area contributed by atoms with Crippen molar-refractivity contribution in [1.29, 1.82) is 0 Å². The fourth-order valence-electron chi connectivity index (χ4n) is 1.65. The zero-order chi connectivity index (χ0) is 16.8. The van der Waals surface area contributed by atoms with Gasteiger partial charge in [-0.1, -0.05) is 6.07 Å². The number of nitrogens with two attached hydrogens (primary N) is 4. The van der Waals surface area contributed by atoms with Gasteiger partial charge in [-0.05, 0) is 18.2 Å². The highest BCUT2D eigenvalue weighted by molar-refractivity contribution is 5.93. The summed E-state index contributed by atoms with van der Waals surface area (Å²) in [5, 5.41) is 0. The first-order valence-corrected chi connectivity index (χ1v) is 6.41. The van der Waals surface area contributed by atoms with Gasteiger partial charge < -0.3 is 27.7 Å². The molecule has 0 atom stereocenters. The van der Waals surface area contributed by atoms with Crippen LogP contribution in [0.1, 0.15) is 10.5 Å². The summed E-state index contributed by atoms with van der Waals surface area (Å²) in [6.45, 7) is 0. The number of amides is 1. The number of hydrogen-bond donors (Lipinski definition) is 4. The van der Waals surface area contributed by atoms with Gasteiger partial charge in [-0.15, -0.1) is 0 Å². The number of carbonyl (C=O) groups excluding carboxylic acids is 1. The van der Waals surface area contributed by atoms with E-state index in [1.54, 1.807) is 30.3 Å². The molecule has 118 valence electrons. The summed E-state index contributed by atoms with van der Waals surface area (Å²) in [7, 11) is 0. The molecule has 1 amide bonds. The topological polar surface area (TPSA) is 168 Å². The molecule has 1 heterocycles. The first-order chi connectivity index (χ1) is 10.9. The molecule has 0 spiro atoms. The molecule has 1 aromatic carbocycles. The molecule has 9 nitrogen and oxygen atoms in total. The van der Waals surface area contributed by atoms with Crippen LogP contribution in [0.4, 0.5) is 5.69 Å². The normalized spacial score (nSPS) is 10.9. The van der Waals surface area contributed by atoms with Gasteiger partial charge in [0.2, 0.25) is 5.96 Å². The number of pyridine rings is 1. The largest absolute Gasteiger partial charge is 0.457 e. The van der Waals surface area contributed by atoms with Crippen LogP contribution in [0.5, 0.6) is 11.5 Å². The van der Waals surface area contributed by atoms with Gasteiger partial charge in [0.05, 0.1) is 5.69 Å². The van der Waals surface area contributed by atoms with E-state index < -0.39 is 5.91 Å². The number of rotatable bonds is 4. The van der Waals surface area contributed by atoms with Gasteiger partial charge in [-0.3, -0.25) is 9.78 Å². The number of guanidine groups is 2. The highest BCUT2D eigenvalue weighted by Gasteiger charge is 2.05. The Morgan fingerprint density at radius 1 is 1.04 bits per heavy atom. The Kier molecular flexibility index (Phi) is 4.72. The number of aliphatic imine (C=N–C) groups is 2. The van der Waals surface area contributed by atoms with E-state index in [1.165, 1.54) is 12.3 Å². The summed E-state index contributed by atoms with van der Waals surface area (Å²) in [4.78, 5) is 22.6. The van der Waals surface area contributed by atoms with E-state index in [4.69, 9.17) is 27.7 Å². The first kappa shape index (κ1) is 15.8. The lowest BCUT2D eigenvalue weighted by atomic mass is 10.3. The lowest BCUT2D eigenvalue weighted by Gasteiger charge is -2.06. The molecule has 23 heavy (non-hydrogen) atoms. The monoisotopic (exact) mass is 313 g/mol. The van der Waals surface area contributed by atoms with Crippen molar-refractivity contribution in [2.45, 2.75) is 0 Å². The van der Waals surface area contributed by atoms with Crippen LogP contribution < -0.4 is 27.7 Å². The molecule has 0 aliphatic carbocycles. The number of nitrogens with zero attached hydrogens (tertiary/aromatic N) is 3. The third-order valence-corrected chi connectivity index (χ3v) is 2.52. The zero-order valence-corrected chi connectivity index (χ0v) is 12.0. The average molecular weight is 313 g/mol. The third-order valence-electron chi connectivity index (χ3n) is 2.52. The number of primary amides is 1. The number of ether oxygens (including phenoxy) is 1. The second-order valence-corrected chi connectivity index (χ2v) is 4.35. The Hall–Kier alpha value is -3.62. The maximum atomic E-state index is 11.1. The molecule has 0 aliphatic heterocycles. The lowest BCUT2D eigenvalue weighted by molar-refractivity contribution is 0.0995. The van der Waals surface area contributed by atoms with Crippen molar-refractivity contribution in [3.8, 4) is 11.5 Å². The minimum atomic E-state index is -0.640. The van der Waals surface area contributed by atoms with Crippen LogP contribution in [-0.2, 0) is 0 Å². The Morgan fingerprint density at radius 2 is 1.78 bits per heavy atom. The molecule has 0 aliphatic rings. The molecule has 2 aromatic rings. The van der Waals surface area contributed by atoms with Gasteiger partial charge in [0.1, 0.15) is 17.2 Å². The van der Waals surface area contributed by atoms with E-state index in [0.29, 0.717) is 17.2 Å². The SMILES string of the molecule is NC(=O)c1cc(Oc2cccc(N=C(N)N=C(N)N)c2)ccn1. The molecule has 0 fully saturated rings. The van der Waals surface area contributed by atoms with E-state index in [0.717, 1.165) is 0 Å². The summed E-state index contributed by atoms with van der Waals surface area (Å²) < 4.78 is 5.63. The summed E-state index contributed by atoms with van der Waals surface area (Å²) in [6, 6.07) is 9.78. The standard InChI is InChI=1S/C14H15N7O2/c15-12(22)11-7-10(4-5-19-11)23-9-3-1-2-8(6-9)20-14(18)21-13(16)17/h1-7H,(H2,15,22)(H6,16,17,18,20,21). The third kappa shape index (κ3) is 4.70. The van der Waals surface area contributed by atoms with Crippen LogP contribution in [0.2, 0.25) is 0 Å². The summed E-state index contributed by atoms with van der Waals surface area (Å²) in [5.74, 6) is -0.0206. The fraction of sp³-hybridized carbons (Fsp3) is 0. The van der Waals surface area contributed by atoms with Crippen molar-refractivity contribution in [3.05, 3.63) is 48.3 Å². The quantitative estimate of drug-likeness (QED) is 0.464. The number of carbonyl (C=O) groups is 1. The molecule has 2 rings (SSSR count). The van der Waals surface area contributed by atoms with Gasteiger partial charge in [0, 0.05) is 18.3 Å². The molecule has 9 heteroatoms. The molecule has 1 aromatic heterocycles. The molecule has 0 bridgehead atoms. The highest BCUT2D eigenvalue weighted by Crippen LogP contribution is 2.25. The van der Waals surface area contributed by atoms with Crippen LogP contribution in [0.3, 0.4) is 0 Å².